The molecule has 0 saturated carbocycles. The van der Waals surface area contributed by atoms with Crippen LogP contribution in [-0.2, 0) is 14.3 Å². The lowest BCUT2D eigenvalue weighted by molar-refractivity contribution is 0.0155. The molecule has 1 unspecified atom stereocenters. The van der Waals surface area contributed by atoms with Crippen molar-refractivity contribution in [3.05, 3.63) is 36.0 Å². The largest absolute Gasteiger partial charge is 0.465 e. The number of likely N-dealkylation sites (tertiary alicyclic amines) is 1. The van der Waals surface area contributed by atoms with Crippen molar-refractivity contribution < 1.29 is 23.9 Å². The van der Waals surface area contributed by atoms with Crippen molar-refractivity contribution in [2.24, 2.45) is 0 Å². The Balaban J connectivity index is 1.96. The monoisotopic (exact) mass is 398 g/mol. The molecule has 1 atom stereocenters. The van der Waals surface area contributed by atoms with Crippen LogP contribution in [0.1, 0.15) is 50.4 Å². The molecule has 2 heterocycles. The fourth-order valence-electron chi connectivity index (χ4n) is 3.63. The van der Waals surface area contributed by atoms with Crippen molar-refractivity contribution in [1.29, 1.82) is 0 Å². The Labute approximate surface area is 169 Å². The Morgan fingerprint density at radius 3 is 2.59 bits per heavy atom. The van der Waals surface area contributed by atoms with Gasteiger partial charge in [0.2, 0.25) is 0 Å². The molecule has 1 saturated heterocycles. The van der Waals surface area contributed by atoms with Gasteiger partial charge in [0.25, 0.3) is 0 Å². The molecule has 1 fully saturated rings. The molecule has 7 nitrogen and oxygen atoms in total. The van der Waals surface area contributed by atoms with Crippen LogP contribution in [0, 0.1) is 0 Å². The number of hydrogen-bond donors (Lipinski definition) is 0. The Bertz CT molecular complexity index is 979. The van der Waals surface area contributed by atoms with E-state index >= 15 is 0 Å². The van der Waals surface area contributed by atoms with E-state index in [1.165, 1.54) is 7.11 Å². The van der Waals surface area contributed by atoms with Crippen LogP contribution in [0.25, 0.3) is 16.6 Å². The average molecular weight is 398 g/mol. The molecular weight excluding hydrogens is 372 g/mol. The lowest BCUT2D eigenvalue weighted by Crippen LogP contribution is -2.47. The summed E-state index contributed by atoms with van der Waals surface area (Å²) in [6, 6.07) is 6.53. The second kappa shape index (κ2) is 8.13. The number of esters is 1. The number of piperidine rings is 1. The van der Waals surface area contributed by atoms with Gasteiger partial charge in [0, 0.05) is 18.1 Å². The van der Waals surface area contributed by atoms with Crippen LogP contribution in [-0.4, -0.2) is 52.8 Å². The summed E-state index contributed by atoms with van der Waals surface area (Å²) in [6.45, 7) is 5.98. The molecule has 154 valence electrons. The number of carbonyl (C=O) groups is 2. The summed E-state index contributed by atoms with van der Waals surface area (Å²) in [7, 11) is 1.33. The summed E-state index contributed by atoms with van der Waals surface area (Å²) in [6.07, 6.45) is 3.74. The summed E-state index contributed by atoms with van der Waals surface area (Å²) < 4.78 is 12.0. The molecule has 1 aliphatic rings. The van der Waals surface area contributed by atoms with Crippen LogP contribution in [0.5, 0.6) is 0 Å². The number of aromatic nitrogens is 1. The van der Waals surface area contributed by atoms with Gasteiger partial charge in [-0.2, -0.15) is 0 Å². The standard InChI is InChI=1S/C22H26N2O5/c1-22(2,3)29-21(27)24-11-6-5-7-18(24)19(14-25)23-12-10-15-13-16(20(26)28-4)8-9-17(15)23/h8-10,12-13,18H,5-7,11H2,1-4H3. The maximum absolute atomic E-state index is 12.7. The summed E-state index contributed by atoms with van der Waals surface area (Å²) >= 11 is 0. The van der Waals surface area contributed by atoms with Gasteiger partial charge in [-0.25, -0.2) is 14.4 Å². The highest BCUT2D eigenvalue weighted by Gasteiger charge is 2.34. The molecule has 0 aliphatic carbocycles. The van der Waals surface area contributed by atoms with Crippen molar-refractivity contribution in [1.82, 2.24) is 9.47 Å². The Kier molecular flexibility index (Phi) is 5.80. The van der Waals surface area contributed by atoms with Crippen LogP contribution in [0.3, 0.4) is 0 Å². The normalized spacial score (nSPS) is 17.0. The van der Waals surface area contributed by atoms with E-state index in [0.29, 0.717) is 24.2 Å². The highest BCUT2D eigenvalue weighted by atomic mass is 16.6. The number of nitrogens with zero attached hydrogens (tertiary/aromatic N) is 2. The first-order valence-corrected chi connectivity index (χ1v) is 9.69. The lowest BCUT2D eigenvalue weighted by Gasteiger charge is -2.37. The Hall–Kier alpha value is -3.05. The zero-order valence-electron chi connectivity index (χ0n) is 17.2. The fourth-order valence-corrected chi connectivity index (χ4v) is 3.63. The van der Waals surface area contributed by atoms with E-state index in [1.807, 2.05) is 26.8 Å². The summed E-state index contributed by atoms with van der Waals surface area (Å²) in [5.41, 5.74) is 0.929. The first-order valence-electron chi connectivity index (χ1n) is 9.69. The van der Waals surface area contributed by atoms with Crippen LogP contribution in [0.4, 0.5) is 4.79 Å². The van der Waals surface area contributed by atoms with Gasteiger partial charge in [0.15, 0.2) is 0 Å². The molecule has 0 N–H and O–H groups in total. The second-order valence-corrected chi connectivity index (χ2v) is 8.12. The van der Waals surface area contributed by atoms with Gasteiger partial charge in [0.1, 0.15) is 17.2 Å². The molecule has 0 radical (unpaired) electrons. The third-order valence-electron chi connectivity index (χ3n) is 4.92. The van der Waals surface area contributed by atoms with Crippen LogP contribution in [0.15, 0.2) is 30.5 Å². The van der Waals surface area contributed by atoms with Gasteiger partial charge in [-0.15, -0.1) is 0 Å². The third kappa shape index (κ3) is 4.35. The Morgan fingerprint density at radius 1 is 1.17 bits per heavy atom. The molecule has 1 aliphatic heterocycles. The first-order chi connectivity index (χ1) is 13.7. The number of benzene rings is 1. The van der Waals surface area contributed by atoms with Crippen LogP contribution < -0.4 is 0 Å². The quantitative estimate of drug-likeness (QED) is 0.579. The summed E-state index contributed by atoms with van der Waals surface area (Å²) in [5, 5.41) is 0.792. The molecule has 0 spiro atoms. The van der Waals surface area contributed by atoms with Crippen molar-refractivity contribution in [2.75, 3.05) is 13.7 Å². The van der Waals surface area contributed by atoms with Crippen LogP contribution >= 0.6 is 0 Å². The molecule has 1 amide bonds. The smallest absolute Gasteiger partial charge is 0.410 e. The number of fused-ring (bicyclic) bond motifs is 1. The van der Waals surface area contributed by atoms with Crippen molar-refractivity contribution >= 4 is 34.6 Å². The number of hydrogen-bond acceptors (Lipinski definition) is 5. The number of carbonyl (C=O) groups excluding carboxylic acids is 3. The molecule has 7 heteroatoms. The lowest BCUT2D eigenvalue weighted by atomic mass is 10.00. The minimum absolute atomic E-state index is 0.358. The maximum Gasteiger partial charge on any atom is 0.410 e. The summed E-state index contributed by atoms with van der Waals surface area (Å²) in [4.78, 5) is 38.1. The van der Waals surface area contributed by atoms with E-state index < -0.39 is 23.7 Å². The van der Waals surface area contributed by atoms with E-state index in [2.05, 4.69) is 5.94 Å². The molecule has 0 bridgehead atoms. The molecule has 1 aromatic heterocycles. The van der Waals surface area contributed by atoms with E-state index in [1.54, 1.807) is 33.9 Å². The molecule has 29 heavy (non-hydrogen) atoms. The van der Waals surface area contributed by atoms with Gasteiger partial charge >= 0.3 is 12.1 Å². The van der Waals surface area contributed by atoms with E-state index in [-0.39, 0.29) is 0 Å². The number of ether oxygens (including phenoxy) is 2. The number of amides is 1. The number of rotatable bonds is 3. The van der Waals surface area contributed by atoms with E-state index in [9.17, 15) is 14.4 Å². The molecule has 3 rings (SSSR count). The van der Waals surface area contributed by atoms with Gasteiger partial charge in [-0.05, 0) is 64.3 Å². The highest BCUT2D eigenvalue weighted by molar-refractivity contribution is 5.97. The average Bonchev–Trinajstić information content (AvgIpc) is 3.10. The minimum atomic E-state index is -0.616. The van der Waals surface area contributed by atoms with Gasteiger partial charge < -0.3 is 14.0 Å². The number of methoxy groups -OCH3 is 1. The zero-order valence-corrected chi connectivity index (χ0v) is 17.2. The van der Waals surface area contributed by atoms with Gasteiger partial charge in [0.05, 0.1) is 24.2 Å². The zero-order chi connectivity index (χ0) is 21.2. The molecular formula is C22H26N2O5. The van der Waals surface area contributed by atoms with E-state index in [4.69, 9.17) is 9.47 Å². The van der Waals surface area contributed by atoms with Crippen molar-refractivity contribution in [3.8, 4) is 0 Å². The van der Waals surface area contributed by atoms with Gasteiger partial charge in [-0.1, -0.05) is 0 Å². The van der Waals surface area contributed by atoms with E-state index in [0.717, 1.165) is 23.7 Å². The van der Waals surface area contributed by atoms with Gasteiger partial charge in [-0.3, -0.25) is 4.90 Å². The van der Waals surface area contributed by atoms with Crippen molar-refractivity contribution in [2.45, 2.75) is 51.7 Å². The van der Waals surface area contributed by atoms with Crippen LogP contribution in [0.2, 0.25) is 0 Å². The SMILES string of the molecule is COC(=O)c1ccc2c(ccn2C(=C=O)C2CCCCN2C(=O)OC(C)(C)C)c1. The highest BCUT2D eigenvalue weighted by Crippen LogP contribution is 2.29. The van der Waals surface area contributed by atoms with Crippen molar-refractivity contribution in [3.63, 3.8) is 0 Å². The molecule has 2 aromatic rings. The predicted molar refractivity (Wildman–Crippen MR) is 109 cm³/mol. The maximum atomic E-state index is 12.7. The topological polar surface area (TPSA) is 77.8 Å². The second-order valence-electron chi connectivity index (χ2n) is 8.12. The summed E-state index contributed by atoms with van der Waals surface area (Å²) in [5.74, 6) is 1.63. The first kappa shape index (κ1) is 20.7. The predicted octanol–water partition coefficient (Wildman–Crippen LogP) is 3.89. The minimum Gasteiger partial charge on any atom is -0.465 e. The Morgan fingerprint density at radius 2 is 1.93 bits per heavy atom. The third-order valence-corrected chi connectivity index (χ3v) is 4.92. The molecule has 1 aromatic carbocycles. The fraction of sp³-hybridized carbons (Fsp3) is 0.455.